The van der Waals surface area contributed by atoms with Gasteiger partial charge in [-0.25, -0.2) is 0 Å². The van der Waals surface area contributed by atoms with Crippen LogP contribution < -0.4 is 15.8 Å². The summed E-state index contributed by atoms with van der Waals surface area (Å²) < 4.78 is 6.10. The zero-order valence-corrected chi connectivity index (χ0v) is 12.9. The highest BCUT2D eigenvalue weighted by Crippen LogP contribution is 2.42. The van der Waals surface area contributed by atoms with Gasteiger partial charge in [0.15, 0.2) is 0 Å². The monoisotopic (exact) mass is 276 g/mol. The van der Waals surface area contributed by atoms with Gasteiger partial charge in [-0.2, -0.15) is 0 Å². The summed E-state index contributed by atoms with van der Waals surface area (Å²) in [5.74, 6) is 0.854. The van der Waals surface area contributed by atoms with Crippen LogP contribution in [0.1, 0.15) is 62.9 Å². The molecule has 0 saturated heterocycles. The van der Waals surface area contributed by atoms with E-state index in [4.69, 9.17) is 10.5 Å². The average Bonchev–Trinajstić information content (AvgIpc) is 2.28. The topological polar surface area (TPSA) is 64.3 Å². The maximum atomic E-state index is 11.5. The number of carbonyl (C=O) groups excluding carboxylic acids is 1. The van der Waals surface area contributed by atoms with Crippen LogP contribution in [0, 0.1) is 6.92 Å². The number of hydrogen-bond donors (Lipinski definition) is 2. The van der Waals surface area contributed by atoms with Crippen molar-refractivity contribution in [1.82, 2.24) is 5.32 Å². The van der Waals surface area contributed by atoms with Crippen molar-refractivity contribution in [2.75, 3.05) is 0 Å². The third-order valence-corrected chi connectivity index (χ3v) is 3.68. The molecule has 0 fully saturated rings. The molecule has 1 amide bonds. The highest BCUT2D eigenvalue weighted by molar-refractivity contribution is 5.73. The first-order valence-electron chi connectivity index (χ1n) is 7.06. The molecule has 0 aromatic heterocycles. The second-order valence-electron chi connectivity index (χ2n) is 6.36. The van der Waals surface area contributed by atoms with Crippen molar-refractivity contribution >= 4 is 5.91 Å². The van der Waals surface area contributed by atoms with E-state index >= 15 is 0 Å². The number of rotatable bonds is 2. The molecule has 1 aromatic rings. The van der Waals surface area contributed by atoms with E-state index < -0.39 is 0 Å². The van der Waals surface area contributed by atoms with Gasteiger partial charge < -0.3 is 15.8 Å². The zero-order valence-electron chi connectivity index (χ0n) is 12.9. The van der Waals surface area contributed by atoms with Crippen molar-refractivity contribution in [3.63, 3.8) is 0 Å². The number of amides is 1. The molecule has 3 N–H and O–H groups in total. The first-order chi connectivity index (χ1) is 9.19. The van der Waals surface area contributed by atoms with Gasteiger partial charge in [0, 0.05) is 24.9 Å². The summed E-state index contributed by atoms with van der Waals surface area (Å²) in [5, 5.41) is 3.03. The average molecular weight is 276 g/mol. The van der Waals surface area contributed by atoms with Crippen LogP contribution in [0.5, 0.6) is 5.75 Å². The van der Waals surface area contributed by atoms with Gasteiger partial charge in [-0.05, 0) is 44.9 Å². The van der Waals surface area contributed by atoms with Gasteiger partial charge >= 0.3 is 0 Å². The number of carbonyl (C=O) groups is 1. The lowest BCUT2D eigenvalue weighted by molar-refractivity contribution is -0.120. The van der Waals surface area contributed by atoms with E-state index in [9.17, 15) is 4.79 Å². The van der Waals surface area contributed by atoms with Crippen LogP contribution >= 0.6 is 0 Å². The molecule has 4 heteroatoms. The molecule has 2 unspecified atom stereocenters. The number of hydrogen-bond acceptors (Lipinski definition) is 3. The second-order valence-corrected chi connectivity index (χ2v) is 6.36. The van der Waals surface area contributed by atoms with Crippen LogP contribution in [-0.4, -0.2) is 11.5 Å². The van der Waals surface area contributed by atoms with E-state index in [1.54, 1.807) is 6.92 Å². The fraction of sp³-hybridized carbons (Fsp3) is 0.562. The molecule has 0 bridgehead atoms. The summed E-state index contributed by atoms with van der Waals surface area (Å²) in [5.41, 5.74) is 8.87. The van der Waals surface area contributed by atoms with Crippen molar-refractivity contribution in [3.8, 4) is 5.75 Å². The fourth-order valence-corrected chi connectivity index (χ4v) is 2.78. The fourth-order valence-electron chi connectivity index (χ4n) is 2.78. The molecular weight excluding hydrogens is 252 g/mol. The predicted octanol–water partition coefficient (Wildman–Crippen LogP) is 2.75. The van der Waals surface area contributed by atoms with Crippen LogP contribution in [-0.2, 0) is 4.79 Å². The van der Waals surface area contributed by atoms with Crippen molar-refractivity contribution in [1.29, 1.82) is 0 Å². The highest BCUT2D eigenvalue weighted by atomic mass is 16.5. The Kier molecular flexibility index (Phi) is 3.78. The van der Waals surface area contributed by atoms with Gasteiger partial charge in [0.1, 0.15) is 11.4 Å². The first kappa shape index (κ1) is 14.9. The summed E-state index contributed by atoms with van der Waals surface area (Å²) in [6, 6.07) is 4.06. The van der Waals surface area contributed by atoms with Crippen molar-refractivity contribution in [3.05, 3.63) is 28.8 Å². The maximum absolute atomic E-state index is 11.5. The molecule has 0 spiro atoms. The van der Waals surface area contributed by atoms with Gasteiger partial charge in [-0.3, -0.25) is 4.79 Å². The normalized spacial score (nSPS) is 21.6. The Hall–Kier alpha value is -1.55. The molecule has 1 aliphatic heterocycles. The smallest absolute Gasteiger partial charge is 0.217 e. The Labute approximate surface area is 120 Å². The Morgan fingerprint density at radius 2 is 2.15 bits per heavy atom. The lowest BCUT2D eigenvalue weighted by atomic mass is 9.86. The van der Waals surface area contributed by atoms with Crippen molar-refractivity contribution in [2.45, 2.75) is 58.7 Å². The first-order valence-corrected chi connectivity index (χ1v) is 7.06. The molecule has 20 heavy (non-hydrogen) atoms. The Balaban J connectivity index is 2.52. The molecule has 2 atom stereocenters. The summed E-state index contributed by atoms with van der Waals surface area (Å²) >= 11 is 0. The molecule has 1 aliphatic rings. The summed E-state index contributed by atoms with van der Waals surface area (Å²) in [6.45, 7) is 9.62. The molecular formula is C16H24N2O2. The minimum absolute atomic E-state index is 0.0244. The number of ether oxygens (including phenoxy) is 1. The summed E-state index contributed by atoms with van der Waals surface area (Å²) in [4.78, 5) is 11.5. The van der Waals surface area contributed by atoms with E-state index in [1.807, 2.05) is 27.7 Å². The van der Waals surface area contributed by atoms with Crippen LogP contribution in [0.2, 0.25) is 0 Å². The lowest BCUT2D eigenvalue weighted by Crippen LogP contribution is -2.41. The molecule has 1 aromatic carbocycles. The number of aryl methyl sites for hydroxylation is 1. The third kappa shape index (κ3) is 2.96. The number of nitrogens with one attached hydrogen (secondary N) is 1. The molecule has 0 aliphatic carbocycles. The molecule has 4 nitrogen and oxygen atoms in total. The van der Waals surface area contributed by atoms with Crippen molar-refractivity contribution in [2.24, 2.45) is 5.73 Å². The van der Waals surface area contributed by atoms with Gasteiger partial charge in [-0.1, -0.05) is 6.07 Å². The predicted molar refractivity (Wildman–Crippen MR) is 79.7 cm³/mol. The number of benzene rings is 1. The maximum Gasteiger partial charge on any atom is 0.217 e. The third-order valence-electron chi connectivity index (χ3n) is 3.68. The standard InChI is InChI=1S/C16H24N2O2/c1-9-6-12(10(2)17)7-13-14(18-11(3)19)8-16(4,5)20-15(9)13/h6-7,10,14H,8,17H2,1-5H3,(H,18,19). The van der Waals surface area contributed by atoms with Crippen LogP contribution in [0.25, 0.3) is 0 Å². The van der Waals surface area contributed by atoms with E-state index in [-0.39, 0.29) is 23.6 Å². The van der Waals surface area contributed by atoms with Gasteiger partial charge in [0.05, 0.1) is 6.04 Å². The van der Waals surface area contributed by atoms with Crippen LogP contribution in [0.4, 0.5) is 0 Å². The summed E-state index contributed by atoms with van der Waals surface area (Å²) in [7, 11) is 0. The van der Waals surface area contributed by atoms with Crippen molar-refractivity contribution < 1.29 is 9.53 Å². The van der Waals surface area contributed by atoms with Gasteiger partial charge in [-0.15, -0.1) is 0 Å². The SMILES string of the molecule is CC(=O)NC1CC(C)(C)Oc2c(C)cc(C(C)N)cc21. The zero-order chi connectivity index (χ0) is 15.1. The minimum Gasteiger partial charge on any atom is -0.487 e. The van der Waals surface area contributed by atoms with Gasteiger partial charge in [0.25, 0.3) is 0 Å². The molecule has 110 valence electrons. The van der Waals surface area contributed by atoms with E-state index in [2.05, 4.69) is 17.4 Å². The van der Waals surface area contributed by atoms with E-state index in [0.29, 0.717) is 0 Å². The molecule has 0 radical (unpaired) electrons. The Morgan fingerprint density at radius 3 is 2.70 bits per heavy atom. The molecule has 0 saturated carbocycles. The minimum atomic E-state index is -0.291. The molecule has 1 heterocycles. The highest BCUT2D eigenvalue weighted by Gasteiger charge is 2.35. The van der Waals surface area contributed by atoms with Gasteiger partial charge in [0.2, 0.25) is 5.91 Å². The molecule has 2 rings (SSSR count). The second kappa shape index (κ2) is 5.09. The largest absolute Gasteiger partial charge is 0.487 e. The van der Waals surface area contributed by atoms with Crippen LogP contribution in [0.3, 0.4) is 0 Å². The Bertz CT molecular complexity index is 536. The van der Waals surface area contributed by atoms with E-state index in [1.165, 1.54) is 0 Å². The number of nitrogens with two attached hydrogens (primary N) is 1. The Morgan fingerprint density at radius 1 is 1.50 bits per heavy atom. The summed E-state index contributed by atoms with van der Waals surface area (Å²) in [6.07, 6.45) is 0.751. The number of fused-ring (bicyclic) bond motifs is 1. The lowest BCUT2D eigenvalue weighted by Gasteiger charge is -2.39. The van der Waals surface area contributed by atoms with Crippen LogP contribution in [0.15, 0.2) is 12.1 Å². The van der Waals surface area contributed by atoms with E-state index in [0.717, 1.165) is 28.9 Å². The quantitative estimate of drug-likeness (QED) is 0.873.